The molecule has 44 nitrogen and oxygen atoms in total. The maximum atomic E-state index is 15.1. The number of fused-ring (bicyclic) bond motifs is 2. The van der Waals surface area contributed by atoms with E-state index in [0.717, 1.165) is 58.9 Å². The number of esters is 1. The summed E-state index contributed by atoms with van der Waals surface area (Å²) in [6.45, 7) is 1.62. The summed E-state index contributed by atoms with van der Waals surface area (Å²) < 4.78 is 11.7. The third kappa shape index (κ3) is 30.5. The number of aromatic amines is 1. The number of carbonyl (C=O) groups is 20. The number of nitrogen functional groups attached to an aromatic ring is 1. The first kappa shape index (κ1) is 98.1. The molecule has 0 saturated carbocycles. The van der Waals surface area contributed by atoms with Gasteiger partial charge in [-0.25, -0.2) is 4.79 Å². The van der Waals surface area contributed by atoms with Crippen molar-refractivity contribution in [1.82, 2.24) is 73.7 Å². The molecule has 668 valence electrons. The van der Waals surface area contributed by atoms with Crippen LogP contribution in [-0.2, 0) is 107 Å². The topological polar surface area (TPSA) is 702 Å². The van der Waals surface area contributed by atoms with Crippen LogP contribution in [0.25, 0.3) is 10.9 Å². The standard InChI is InChI=1S/C79H105N17O27/c1-5-6-7-8-9-10-11-26-59(100)88-49(29-42-35-83-47-23-16-13-19-43(42)47)72(115)90-50(31-58(82)99)73(116)92-53(34-65(109)110)74(117)95-67-41(4)123-79(121)54(30-57(98)44-20-12-15-22-46(44)81)93-77(120)66(39(2)28-62(103)104)94-75(118)55-38-122-78(45-21-14-17-25-56(45)97)96(55)61(102)37-85-69(112)51(32-63(105)106)89-68(111)40(3)86-71(114)52(33-64(107)108)91-70(113)48(24-18-27-80)87-60(101)36-84-76(67)119/h12-17,19-23,25,35,39-41,48-55,66-67,78,83,97H,5-11,18,24,26-34,36-38,80-81H2,1-4H3,(H2,82,99)(H,84,119)(H,85,112)(H,86,114)(H,87,101)(H,88,100)(H,89,111)(H,90,115)(H,91,113)(H,92,116)(H,93,120)(H,94,118)(H,95,117)(H,103,104)(H,105,106)(H,107,108)(H,109,110)/t39-,40-,41-,48+,49+,50-,51+,52+,53+,54+,55-,66+,67+,78?/m1/s1. The lowest BCUT2D eigenvalue weighted by Gasteiger charge is -2.31. The molecule has 6 rings (SSSR count). The molecule has 24 N–H and O–H groups in total. The van der Waals surface area contributed by atoms with Crippen LogP contribution in [0.1, 0.15) is 158 Å². The zero-order valence-electron chi connectivity index (χ0n) is 67.8. The van der Waals surface area contributed by atoms with E-state index in [0.29, 0.717) is 34.2 Å². The van der Waals surface area contributed by atoms with E-state index < -0.39 is 273 Å². The molecule has 1 aromatic heterocycles. The summed E-state index contributed by atoms with van der Waals surface area (Å²) in [5, 5.41) is 78.6. The number of Topliss-reactive ketones (excluding diaryl/α,β-unsaturated/α-hetero) is 1. The van der Waals surface area contributed by atoms with Crippen LogP contribution in [-0.4, -0.2) is 253 Å². The number of H-pyrrole nitrogens is 1. The van der Waals surface area contributed by atoms with E-state index >= 15 is 9.59 Å². The number of cyclic esters (lactones) is 1. The van der Waals surface area contributed by atoms with Gasteiger partial charge in [0.15, 0.2) is 12.0 Å². The number of unbranched alkanes of at least 4 members (excludes halogenated alkanes) is 6. The molecule has 14 amide bonds. The number of ketones is 1. The fraction of sp³-hybridized carbons (Fsp3) is 0.494. The Kier molecular flexibility index (Phi) is 38.3. The number of amides is 14. The maximum Gasteiger partial charge on any atom is 0.329 e. The third-order valence-corrected chi connectivity index (χ3v) is 19.8. The van der Waals surface area contributed by atoms with Crippen molar-refractivity contribution < 1.29 is 131 Å². The zero-order chi connectivity index (χ0) is 90.9. The summed E-state index contributed by atoms with van der Waals surface area (Å²) in [7, 11) is 0. The van der Waals surface area contributed by atoms with Gasteiger partial charge in [-0.05, 0) is 75.4 Å². The highest BCUT2D eigenvalue weighted by atomic mass is 16.5. The first-order chi connectivity index (χ1) is 58.3. The highest BCUT2D eigenvalue weighted by Gasteiger charge is 2.47. The Morgan fingerprint density at radius 1 is 0.577 bits per heavy atom. The van der Waals surface area contributed by atoms with Crippen molar-refractivity contribution in [2.45, 2.75) is 216 Å². The van der Waals surface area contributed by atoms with Gasteiger partial charge >= 0.3 is 29.8 Å². The van der Waals surface area contributed by atoms with Gasteiger partial charge < -0.3 is 121 Å². The van der Waals surface area contributed by atoms with E-state index in [-0.39, 0.29) is 42.6 Å². The average molecular weight is 1720 g/mol. The van der Waals surface area contributed by atoms with E-state index in [4.69, 9.17) is 26.7 Å². The summed E-state index contributed by atoms with van der Waals surface area (Å²) in [4.78, 5) is 283. The lowest BCUT2D eigenvalue weighted by atomic mass is 9.95. The number of aromatic nitrogens is 1. The minimum absolute atomic E-state index is 0.0222. The van der Waals surface area contributed by atoms with Crippen molar-refractivity contribution in [3.63, 3.8) is 0 Å². The SMILES string of the molecule is CCCCCCCCCC(=O)N[C@@H](Cc1c[nH]c2ccccc12)C(=O)N[C@H](CC(N)=O)C(=O)N[C@@H](CC(=O)O)C(=O)N[C@@H]1C(=O)NCC(=O)N[C@@H](CCCN)C(=O)N[C@@H](CC(=O)O)C(=O)N[C@H](C)C(=O)N[C@@H](CC(=O)O)C(=O)NCC(=O)N2C(c3ccccc3O)OC[C@@H]2C(=O)N[C@@H]([C@H](C)CC(=O)O)C(=O)N[C@@H](CC(=O)c2ccccc2N)C(=O)O[C@@H]1C. The predicted molar refractivity (Wildman–Crippen MR) is 429 cm³/mol. The van der Waals surface area contributed by atoms with Crippen LogP contribution in [0.2, 0.25) is 0 Å². The second kappa shape index (κ2) is 47.9. The van der Waals surface area contributed by atoms with Gasteiger partial charge in [-0.1, -0.05) is 101 Å². The molecular weight excluding hydrogens is 1620 g/mol. The average Bonchev–Trinajstić information content (AvgIpc) is 1.65. The zero-order valence-corrected chi connectivity index (χ0v) is 67.8. The summed E-state index contributed by atoms with van der Waals surface area (Å²) in [6, 6.07) is -5.37. The van der Waals surface area contributed by atoms with E-state index in [1.165, 1.54) is 42.5 Å². The molecule has 2 aliphatic rings. The number of aliphatic carboxylic acids is 4. The van der Waals surface area contributed by atoms with Crippen LogP contribution >= 0.6 is 0 Å². The molecule has 2 saturated heterocycles. The number of carboxylic acids is 4. The molecule has 0 bridgehead atoms. The number of hydrogen-bond donors (Lipinski definition) is 21. The van der Waals surface area contributed by atoms with E-state index in [1.54, 1.807) is 30.5 Å². The number of ether oxygens (including phenoxy) is 2. The Hall–Kier alpha value is -13.7. The van der Waals surface area contributed by atoms with Crippen molar-refractivity contribution in [2.75, 3.05) is 32.0 Å². The van der Waals surface area contributed by atoms with Crippen molar-refractivity contribution in [1.29, 1.82) is 0 Å². The highest BCUT2D eigenvalue weighted by molar-refractivity contribution is 6.05. The number of nitrogens with zero attached hydrogens (tertiary/aromatic N) is 1. The summed E-state index contributed by atoms with van der Waals surface area (Å²) in [5.74, 6) is -30.2. The van der Waals surface area contributed by atoms with Gasteiger partial charge in [-0.2, -0.15) is 0 Å². The monoisotopic (exact) mass is 1720 g/mol. The fourth-order valence-electron chi connectivity index (χ4n) is 13.3. The molecule has 3 aromatic carbocycles. The van der Waals surface area contributed by atoms with Crippen LogP contribution in [0, 0.1) is 5.92 Å². The van der Waals surface area contributed by atoms with E-state index in [2.05, 4.69) is 75.7 Å². The number of nitrogens with two attached hydrogens (primary N) is 3. The number of benzene rings is 3. The third-order valence-electron chi connectivity index (χ3n) is 19.8. The van der Waals surface area contributed by atoms with Crippen molar-refractivity contribution in [3.8, 4) is 5.75 Å². The number of nitrogens with one attached hydrogen (secondary N) is 13. The minimum atomic E-state index is -2.46. The Bertz CT molecular complexity index is 4560. The Labute approximate surface area is 703 Å². The number of rotatable bonds is 35. The molecule has 3 heterocycles. The molecule has 2 aliphatic heterocycles. The Morgan fingerprint density at radius 3 is 1.80 bits per heavy atom. The van der Waals surface area contributed by atoms with Crippen molar-refractivity contribution in [2.24, 2.45) is 17.4 Å². The smallest absolute Gasteiger partial charge is 0.329 e. The lowest BCUT2D eigenvalue weighted by molar-refractivity contribution is -0.156. The van der Waals surface area contributed by atoms with Gasteiger partial charge in [0, 0.05) is 53.2 Å². The van der Waals surface area contributed by atoms with E-state index in [1.807, 2.05) is 0 Å². The summed E-state index contributed by atoms with van der Waals surface area (Å²) in [6.07, 6.45) is -4.20. The molecule has 0 radical (unpaired) electrons. The lowest BCUT2D eigenvalue weighted by Crippen LogP contribution is -2.61. The largest absolute Gasteiger partial charge is 0.507 e. The molecular formula is C79H105N17O27. The number of anilines is 1. The van der Waals surface area contributed by atoms with Crippen LogP contribution in [0.5, 0.6) is 5.75 Å². The second-order valence-electron chi connectivity index (χ2n) is 29.5. The number of carbonyl (C=O) groups excluding carboxylic acids is 16. The molecule has 2 fully saturated rings. The second-order valence-corrected chi connectivity index (χ2v) is 29.5. The first-order valence-corrected chi connectivity index (χ1v) is 39.6. The van der Waals surface area contributed by atoms with Crippen molar-refractivity contribution in [3.05, 3.63) is 95.7 Å². The van der Waals surface area contributed by atoms with Gasteiger partial charge in [0.1, 0.15) is 78.3 Å². The molecule has 44 heteroatoms. The van der Waals surface area contributed by atoms with E-state index in [9.17, 15) is 112 Å². The summed E-state index contributed by atoms with van der Waals surface area (Å²) in [5.41, 5.74) is 18.0. The van der Waals surface area contributed by atoms with Gasteiger partial charge in [0.05, 0.1) is 51.8 Å². The molecule has 1 unspecified atom stereocenters. The highest BCUT2D eigenvalue weighted by Crippen LogP contribution is 2.36. The number of primary amides is 1. The first-order valence-electron chi connectivity index (χ1n) is 39.6. The van der Waals surface area contributed by atoms with Crippen LogP contribution < -0.4 is 81.0 Å². The number of phenolic OH excluding ortho intramolecular Hbond substituents is 1. The molecule has 14 atom stereocenters. The maximum absolute atomic E-state index is 15.1. The molecule has 0 spiro atoms. The predicted octanol–water partition coefficient (Wildman–Crippen LogP) is -3.47. The van der Waals surface area contributed by atoms with Crippen LogP contribution in [0.4, 0.5) is 5.69 Å². The summed E-state index contributed by atoms with van der Waals surface area (Å²) >= 11 is 0. The number of aromatic hydroxyl groups is 1. The van der Waals surface area contributed by atoms with Crippen molar-refractivity contribution >= 4 is 135 Å². The van der Waals surface area contributed by atoms with Gasteiger partial charge in [0.2, 0.25) is 82.7 Å². The minimum Gasteiger partial charge on any atom is -0.507 e. The van der Waals surface area contributed by atoms with Crippen LogP contribution in [0.15, 0.2) is 79.0 Å². The molecule has 123 heavy (non-hydrogen) atoms. The van der Waals surface area contributed by atoms with Gasteiger partial charge in [0.25, 0.3) is 0 Å². The number of hydrogen-bond acceptors (Lipinski definition) is 25. The van der Waals surface area contributed by atoms with Crippen LogP contribution in [0.3, 0.4) is 0 Å². The number of para-hydroxylation sites is 3. The Balaban J connectivity index is 1.44. The van der Waals surface area contributed by atoms with Gasteiger partial charge in [-0.3, -0.25) is 96.0 Å². The number of phenols is 1. The quantitative estimate of drug-likeness (QED) is 0.00921. The molecule has 0 aliphatic carbocycles. The fourth-order valence-corrected chi connectivity index (χ4v) is 13.3. The number of carboxylic acid groups (broad SMARTS) is 4. The van der Waals surface area contributed by atoms with Gasteiger partial charge in [-0.15, -0.1) is 0 Å². The molecule has 4 aromatic rings. The normalized spacial score (nSPS) is 21.7. The Morgan fingerprint density at radius 2 is 1.16 bits per heavy atom.